The number of sulfone groups is 1. The maximum atomic E-state index is 11.6. The van der Waals surface area contributed by atoms with Crippen molar-refractivity contribution < 1.29 is 22.6 Å². The summed E-state index contributed by atoms with van der Waals surface area (Å²) in [6.07, 6.45) is 2.30. The van der Waals surface area contributed by atoms with Gasteiger partial charge in [0.05, 0.1) is 30.7 Å². The minimum absolute atomic E-state index is 0.231. The molecular formula is C29H32N4O5S. The number of aromatic nitrogens is 2. The Morgan fingerprint density at radius 2 is 1.69 bits per heavy atom. The van der Waals surface area contributed by atoms with Gasteiger partial charge in [0.1, 0.15) is 24.5 Å². The number of hydrogen-bond acceptors (Lipinski definition) is 9. The third-order valence-electron chi connectivity index (χ3n) is 6.60. The van der Waals surface area contributed by atoms with Crippen molar-refractivity contribution in [3.05, 3.63) is 78.6 Å². The van der Waals surface area contributed by atoms with Crippen molar-refractivity contribution >= 4 is 32.2 Å². The minimum Gasteiger partial charge on any atom is -0.493 e. The van der Waals surface area contributed by atoms with E-state index in [0.717, 1.165) is 40.9 Å². The zero-order valence-electron chi connectivity index (χ0n) is 21.9. The number of hydrogen-bond donors (Lipinski definition) is 1. The van der Waals surface area contributed by atoms with Crippen LogP contribution in [0.5, 0.6) is 17.2 Å². The van der Waals surface area contributed by atoms with Gasteiger partial charge in [-0.1, -0.05) is 30.3 Å². The van der Waals surface area contributed by atoms with E-state index in [0.29, 0.717) is 43.6 Å². The topological polar surface area (TPSA) is 103 Å². The summed E-state index contributed by atoms with van der Waals surface area (Å²) in [6, 6.07) is 21.5. The highest BCUT2D eigenvalue weighted by molar-refractivity contribution is 7.91. The van der Waals surface area contributed by atoms with Crippen LogP contribution >= 0.6 is 0 Å². The lowest BCUT2D eigenvalue weighted by Crippen LogP contribution is -2.40. The first-order valence-corrected chi connectivity index (χ1v) is 14.7. The van der Waals surface area contributed by atoms with Crippen molar-refractivity contribution in [1.82, 2.24) is 14.9 Å². The second-order valence-electron chi connectivity index (χ2n) is 9.36. The number of anilines is 2. The smallest absolute Gasteiger partial charge is 0.163 e. The largest absolute Gasteiger partial charge is 0.493 e. The lowest BCUT2D eigenvalue weighted by atomic mass is 10.2. The second kappa shape index (κ2) is 12.3. The van der Waals surface area contributed by atoms with E-state index < -0.39 is 9.84 Å². The highest BCUT2D eigenvalue weighted by Crippen LogP contribution is 2.35. The van der Waals surface area contributed by atoms with Crippen molar-refractivity contribution in [3.63, 3.8) is 0 Å². The predicted molar refractivity (Wildman–Crippen MR) is 152 cm³/mol. The number of fused-ring (bicyclic) bond motifs is 1. The van der Waals surface area contributed by atoms with Gasteiger partial charge in [0, 0.05) is 36.8 Å². The first-order chi connectivity index (χ1) is 19.0. The van der Waals surface area contributed by atoms with Gasteiger partial charge in [-0.3, -0.25) is 0 Å². The average Bonchev–Trinajstić information content (AvgIpc) is 2.96. The Morgan fingerprint density at radius 1 is 0.923 bits per heavy atom. The molecular weight excluding hydrogens is 516 g/mol. The van der Waals surface area contributed by atoms with E-state index in [2.05, 4.69) is 20.2 Å². The monoisotopic (exact) mass is 548 g/mol. The van der Waals surface area contributed by atoms with Crippen LogP contribution in [0.25, 0.3) is 10.9 Å². The first kappa shape index (κ1) is 26.7. The van der Waals surface area contributed by atoms with Crippen molar-refractivity contribution in [3.8, 4) is 17.2 Å². The fourth-order valence-electron chi connectivity index (χ4n) is 4.39. The molecule has 10 heteroatoms. The Morgan fingerprint density at radius 3 is 2.44 bits per heavy atom. The van der Waals surface area contributed by atoms with E-state index in [4.69, 9.17) is 14.2 Å². The van der Waals surface area contributed by atoms with Crippen LogP contribution in [0.3, 0.4) is 0 Å². The fraction of sp³-hybridized carbons (Fsp3) is 0.310. The van der Waals surface area contributed by atoms with Gasteiger partial charge in [0.15, 0.2) is 21.3 Å². The molecule has 0 spiro atoms. The van der Waals surface area contributed by atoms with E-state index in [1.54, 1.807) is 7.11 Å². The van der Waals surface area contributed by atoms with Crippen LogP contribution < -0.4 is 19.5 Å². The Bertz CT molecular complexity index is 1480. The van der Waals surface area contributed by atoms with Crippen LogP contribution in [-0.4, -0.2) is 68.1 Å². The molecule has 0 saturated carbocycles. The quantitative estimate of drug-likeness (QED) is 0.272. The molecule has 1 aromatic heterocycles. The SMILES string of the molecule is COc1cc2c(Nc3ccc(OCc4ccccc4)cc3)ncnc2cc1OCCCN1CCS(=O)(=O)CC1. The summed E-state index contributed by atoms with van der Waals surface area (Å²) in [5, 5.41) is 4.17. The molecule has 0 atom stereocenters. The molecule has 204 valence electrons. The summed E-state index contributed by atoms with van der Waals surface area (Å²) in [5.41, 5.74) is 2.71. The standard InChI is InChI=1S/C29H32N4O5S/c1-36-27-18-25-26(19-28(27)37-15-5-12-33-13-16-39(34,35)17-14-33)30-21-31-29(25)32-23-8-10-24(11-9-23)38-20-22-6-3-2-4-7-22/h2-4,6-11,18-19,21H,5,12-17,20H2,1H3,(H,30,31,32). The van der Waals surface area contributed by atoms with E-state index in [9.17, 15) is 8.42 Å². The molecule has 2 heterocycles. The molecule has 1 aliphatic heterocycles. The zero-order chi connectivity index (χ0) is 27.1. The first-order valence-electron chi connectivity index (χ1n) is 12.9. The van der Waals surface area contributed by atoms with Gasteiger partial charge >= 0.3 is 0 Å². The minimum atomic E-state index is -2.87. The number of benzene rings is 3. The Hall–Kier alpha value is -3.89. The lowest BCUT2D eigenvalue weighted by Gasteiger charge is -2.26. The molecule has 39 heavy (non-hydrogen) atoms. The van der Waals surface area contributed by atoms with Crippen LogP contribution in [0, 0.1) is 0 Å². The highest BCUT2D eigenvalue weighted by Gasteiger charge is 2.21. The maximum absolute atomic E-state index is 11.6. The number of methoxy groups -OCH3 is 1. The van der Waals surface area contributed by atoms with Crippen LogP contribution in [0.1, 0.15) is 12.0 Å². The molecule has 3 aromatic carbocycles. The van der Waals surface area contributed by atoms with Crippen LogP contribution in [0.15, 0.2) is 73.1 Å². The number of nitrogens with zero attached hydrogens (tertiary/aromatic N) is 3. The number of nitrogens with one attached hydrogen (secondary N) is 1. The van der Waals surface area contributed by atoms with Gasteiger partial charge in [0.2, 0.25) is 0 Å². The molecule has 5 rings (SSSR count). The third kappa shape index (κ3) is 7.15. The molecule has 1 N–H and O–H groups in total. The Labute approximate surface area is 228 Å². The zero-order valence-corrected chi connectivity index (χ0v) is 22.7. The molecule has 4 aromatic rings. The summed E-state index contributed by atoms with van der Waals surface area (Å²) >= 11 is 0. The summed E-state index contributed by atoms with van der Waals surface area (Å²) in [7, 11) is -1.26. The number of rotatable bonds is 11. The van der Waals surface area contributed by atoms with Gasteiger partial charge in [-0.25, -0.2) is 18.4 Å². The Balaban J connectivity index is 1.20. The summed E-state index contributed by atoms with van der Waals surface area (Å²) in [4.78, 5) is 11.0. The van der Waals surface area contributed by atoms with Gasteiger partial charge in [0.25, 0.3) is 0 Å². The molecule has 0 aliphatic carbocycles. The molecule has 0 amide bonds. The van der Waals surface area contributed by atoms with Crippen LogP contribution in [0.4, 0.5) is 11.5 Å². The van der Waals surface area contributed by atoms with Crippen LogP contribution in [-0.2, 0) is 16.4 Å². The van der Waals surface area contributed by atoms with Gasteiger partial charge in [-0.05, 0) is 42.3 Å². The molecule has 1 aliphatic rings. The summed E-state index contributed by atoms with van der Waals surface area (Å²) in [6.45, 7) is 2.95. The van der Waals surface area contributed by atoms with Crippen LogP contribution in [0.2, 0.25) is 0 Å². The van der Waals surface area contributed by atoms with E-state index in [-0.39, 0.29) is 11.5 Å². The third-order valence-corrected chi connectivity index (χ3v) is 8.21. The van der Waals surface area contributed by atoms with Crippen molar-refractivity contribution in [2.45, 2.75) is 13.0 Å². The van der Waals surface area contributed by atoms with Crippen molar-refractivity contribution in [1.29, 1.82) is 0 Å². The maximum Gasteiger partial charge on any atom is 0.163 e. The lowest BCUT2D eigenvalue weighted by molar-refractivity contribution is 0.240. The predicted octanol–water partition coefficient (Wildman–Crippen LogP) is 4.46. The van der Waals surface area contributed by atoms with E-state index >= 15 is 0 Å². The Kier molecular flexibility index (Phi) is 8.43. The molecule has 9 nitrogen and oxygen atoms in total. The molecule has 0 bridgehead atoms. The number of ether oxygens (including phenoxy) is 3. The average molecular weight is 549 g/mol. The fourth-order valence-corrected chi connectivity index (χ4v) is 5.67. The molecule has 1 saturated heterocycles. The van der Waals surface area contributed by atoms with E-state index in [1.165, 1.54) is 6.33 Å². The molecule has 0 radical (unpaired) electrons. The molecule has 1 fully saturated rings. The van der Waals surface area contributed by atoms with Gasteiger partial charge in [-0.15, -0.1) is 0 Å². The summed E-state index contributed by atoms with van der Waals surface area (Å²) in [5.74, 6) is 3.10. The summed E-state index contributed by atoms with van der Waals surface area (Å²) < 4.78 is 40.7. The second-order valence-corrected chi connectivity index (χ2v) is 11.7. The molecule has 0 unspecified atom stereocenters. The van der Waals surface area contributed by atoms with Crippen molar-refractivity contribution in [2.24, 2.45) is 0 Å². The van der Waals surface area contributed by atoms with Gasteiger partial charge < -0.3 is 24.4 Å². The van der Waals surface area contributed by atoms with E-state index in [1.807, 2.05) is 66.7 Å². The van der Waals surface area contributed by atoms with Crippen molar-refractivity contribution in [2.75, 3.05) is 50.2 Å². The normalized spacial score (nSPS) is 15.1. The highest BCUT2D eigenvalue weighted by atomic mass is 32.2. The van der Waals surface area contributed by atoms with Gasteiger partial charge in [-0.2, -0.15) is 0 Å².